The Morgan fingerprint density at radius 3 is 2.74 bits per heavy atom. The summed E-state index contributed by atoms with van der Waals surface area (Å²) >= 11 is 6.76. The van der Waals surface area contributed by atoms with Gasteiger partial charge in [0.1, 0.15) is 11.1 Å². The lowest BCUT2D eigenvalue weighted by atomic mass is 9.72. The van der Waals surface area contributed by atoms with Crippen molar-refractivity contribution >= 4 is 39.6 Å². The molecule has 2 rings (SSSR count). The van der Waals surface area contributed by atoms with E-state index in [2.05, 4.69) is 37.5 Å². The van der Waals surface area contributed by atoms with Gasteiger partial charge in [0.05, 0.1) is 5.56 Å². The molecule has 6 heteroatoms. The van der Waals surface area contributed by atoms with Crippen molar-refractivity contribution in [2.24, 2.45) is 11.3 Å². The van der Waals surface area contributed by atoms with E-state index in [-0.39, 0.29) is 16.4 Å². The topological polar surface area (TPSA) is 64.9 Å². The van der Waals surface area contributed by atoms with E-state index in [1.165, 1.54) is 4.88 Å². The Balaban J connectivity index is 2.21. The number of nitriles is 1. The van der Waals surface area contributed by atoms with Gasteiger partial charge < -0.3 is 10.6 Å². The highest BCUT2D eigenvalue weighted by Crippen LogP contribution is 2.43. The van der Waals surface area contributed by atoms with Gasteiger partial charge in [-0.05, 0) is 48.4 Å². The third-order valence-electron chi connectivity index (χ3n) is 4.40. The summed E-state index contributed by atoms with van der Waals surface area (Å²) < 4.78 is 0. The minimum Gasteiger partial charge on any atom is -0.323 e. The Morgan fingerprint density at radius 2 is 2.17 bits per heavy atom. The summed E-state index contributed by atoms with van der Waals surface area (Å²) in [4.78, 5) is 12.7. The van der Waals surface area contributed by atoms with Crippen LogP contribution in [0.15, 0.2) is 0 Å². The first-order valence-corrected chi connectivity index (χ1v) is 9.14. The number of nitrogens with one attached hydrogen (secondary N) is 2. The number of carbonyl (C=O) groups is 1. The molecule has 0 aromatic carbocycles. The van der Waals surface area contributed by atoms with Crippen LogP contribution >= 0.6 is 23.6 Å². The van der Waals surface area contributed by atoms with Gasteiger partial charge in [-0.1, -0.05) is 27.7 Å². The average Bonchev–Trinajstić information content (AvgIpc) is 2.81. The van der Waals surface area contributed by atoms with E-state index in [1.807, 2.05) is 0 Å². The van der Waals surface area contributed by atoms with E-state index < -0.39 is 0 Å². The van der Waals surface area contributed by atoms with Crippen LogP contribution < -0.4 is 10.6 Å². The zero-order valence-corrected chi connectivity index (χ0v) is 15.7. The molecule has 0 saturated carbocycles. The fourth-order valence-electron chi connectivity index (χ4n) is 2.88. The molecule has 1 aromatic heterocycles. The van der Waals surface area contributed by atoms with Crippen LogP contribution in [-0.4, -0.2) is 11.0 Å². The zero-order valence-electron chi connectivity index (χ0n) is 14.1. The fourth-order valence-corrected chi connectivity index (χ4v) is 4.44. The summed E-state index contributed by atoms with van der Waals surface area (Å²) in [6, 6.07) is 2.31. The molecule has 4 nitrogen and oxygen atoms in total. The first-order valence-electron chi connectivity index (χ1n) is 7.91. The van der Waals surface area contributed by atoms with Crippen molar-refractivity contribution in [3.63, 3.8) is 0 Å². The smallest absolute Gasteiger partial charge is 0.225 e. The molecule has 1 aliphatic carbocycles. The summed E-state index contributed by atoms with van der Waals surface area (Å²) in [6.45, 7) is 8.59. The summed E-state index contributed by atoms with van der Waals surface area (Å²) in [5.41, 5.74) is 2.11. The number of thiocarbonyl (C=S) groups is 1. The molecule has 0 saturated heterocycles. The highest BCUT2D eigenvalue weighted by molar-refractivity contribution is 7.80. The molecule has 124 valence electrons. The summed E-state index contributed by atoms with van der Waals surface area (Å²) in [5.74, 6) is 0.495. The highest BCUT2D eigenvalue weighted by atomic mass is 32.1. The number of anilines is 1. The summed E-state index contributed by atoms with van der Waals surface area (Å²) in [7, 11) is 0. The lowest BCUT2D eigenvalue weighted by Crippen LogP contribution is -2.33. The van der Waals surface area contributed by atoms with Crippen LogP contribution in [0.4, 0.5) is 5.00 Å². The number of fused-ring (bicyclic) bond motifs is 1. The Bertz CT molecular complexity index is 665. The van der Waals surface area contributed by atoms with Crippen LogP contribution in [0.25, 0.3) is 0 Å². The van der Waals surface area contributed by atoms with Crippen LogP contribution in [0.2, 0.25) is 0 Å². The number of hydrogen-bond acceptors (Lipinski definition) is 4. The Morgan fingerprint density at radius 1 is 1.48 bits per heavy atom. The van der Waals surface area contributed by atoms with E-state index in [9.17, 15) is 10.1 Å². The molecular formula is C17H23N3OS2. The minimum atomic E-state index is -0.130. The van der Waals surface area contributed by atoms with E-state index >= 15 is 0 Å². The Kier molecular flexibility index (Phi) is 5.43. The van der Waals surface area contributed by atoms with Crippen molar-refractivity contribution < 1.29 is 4.79 Å². The molecule has 1 amide bonds. The van der Waals surface area contributed by atoms with Gasteiger partial charge in [-0.15, -0.1) is 11.3 Å². The molecule has 2 N–H and O–H groups in total. The molecule has 23 heavy (non-hydrogen) atoms. The fraction of sp³-hybridized carbons (Fsp3) is 0.588. The third kappa shape index (κ3) is 4.10. The predicted octanol–water partition coefficient (Wildman–Crippen LogP) is 3.99. The van der Waals surface area contributed by atoms with Gasteiger partial charge in [-0.25, -0.2) is 0 Å². The Hall–Kier alpha value is -1.45. The predicted molar refractivity (Wildman–Crippen MR) is 98.7 cm³/mol. The monoisotopic (exact) mass is 349 g/mol. The van der Waals surface area contributed by atoms with E-state index in [4.69, 9.17) is 12.2 Å². The number of rotatable bonds is 2. The van der Waals surface area contributed by atoms with Crippen LogP contribution in [0, 0.1) is 22.7 Å². The molecule has 1 heterocycles. The molecule has 0 fully saturated rings. The second-order valence-corrected chi connectivity index (χ2v) is 8.49. The molecule has 1 aliphatic rings. The number of carbonyl (C=O) groups excluding carboxylic acids is 1. The molecule has 1 unspecified atom stereocenters. The van der Waals surface area contributed by atoms with Gasteiger partial charge >= 0.3 is 0 Å². The van der Waals surface area contributed by atoms with Crippen LogP contribution in [0.1, 0.15) is 56.5 Å². The van der Waals surface area contributed by atoms with Gasteiger partial charge in [0.15, 0.2) is 5.11 Å². The van der Waals surface area contributed by atoms with Crippen molar-refractivity contribution in [2.45, 2.75) is 53.4 Å². The lowest BCUT2D eigenvalue weighted by molar-refractivity contribution is -0.119. The second-order valence-electron chi connectivity index (χ2n) is 6.98. The van der Waals surface area contributed by atoms with E-state index in [0.29, 0.717) is 17.9 Å². The second kappa shape index (κ2) is 6.98. The minimum absolute atomic E-state index is 0.130. The Labute approximate surface area is 147 Å². The molecule has 0 aliphatic heterocycles. The van der Waals surface area contributed by atoms with E-state index in [0.717, 1.165) is 29.8 Å². The van der Waals surface area contributed by atoms with Gasteiger partial charge in [-0.3, -0.25) is 4.79 Å². The van der Waals surface area contributed by atoms with Crippen LogP contribution in [0.5, 0.6) is 0 Å². The van der Waals surface area contributed by atoms with Gasteiger partial charge in [0, 0.05) is 11.3 Å². The molecular weight excluding hydrogens is 326 g/mol. The van der Waals surface area contributed by atoms with Crippen molar-refractivity contribution in [2.75, 3.05) is 5.32 Å². The number of thiophene rings is 1. The van der Waals surface area contributed by atoms with Crippen molar-refractivity contribution in [1.29, 1.82) is 5.26 Å². The highest BCUT2D eigenvalue weighted by Gasteiger charge is 2.32. The molecule has 0 bridgehead atoms. The molecule has 1 aromatic rings. The van der Waals surface area contributed by atoms with Crippen molar-refractivity contribution in [3.8, 4) is 6.07 Å². The van der Waals surface area contributed by atoms with Gasteiger partial charge in [0.25, 0.3) is 0 Å². The standard InChI is InChI=1S/C17H23N3OS2/c1-5-14(21)19-16(22)20-15-12(9-18)11-7-6-10(17(2,3)4)8-13(11)23-15/h10H,5-8H2,1-4H3,(H2,19,20,21,22). The van der Waals surface area contributed by atoms with Gasteiger partial charge in [-0.2, -0.15) is 5.26 Å². The maximum Gasteiger partial charge on any atom is 0.225 e. The first-order chi connectivity index (χ1) is 10.8. The van der Waals surface area contributed by atoms with Gasteiger partial charge in [0.2, 0.25) is 5.91 Å². The summed E-state index contributed by atoms with van der Waals surface area (Å²) in [5, 5.41) is 16.2. The molecule has 0 radical (unpaired) electrons. The van der Waals surface area contributed by atoms with E-state index in [1.54, 1.807) is 18.3 Å². The maximum atomic E-state index is 11.4. The summed E-state index contributed by atoms with van der Waals surface area (Å²) in [6.07, 6.45) is 3.43. The molecule has 0 spiro atoms. The third-order valence-corrected chi connectivity index (χ3v) is 5.78. The quantitative estimate of drug-likeness (QED) is 0.792. The number of amides is 1. The lowest BCUT2D eigenvalue weighted by Gasteiger charge is -2.33. The normalized spacial score (nSPS) is 17.1. The number of nitrogens with zero attached hydrogens (tertiary/aromatic N) is 1. The number of hydrogen-bond donors (Lipinski definition) is 2. The SMILES string of the molecule is CCC(=O)NC(=S)Nc1sc2c(c1C#N)CCC(C(C)(C)C)C2. The molecule has 1 atom stereocenters. The van der Waals surface area contributed by atoms with Crippen molar-refractivity contribution in [3.05, 3.63) is 16.0 Å². The first kappa shape index (κ1) is 17.9. The van der Waals surface area contributed by atoms with Crippen LogP contribution in [0.3, 0.4) is 0 Å². The average molecular weight is 350 g/mol. The van der Waals surface area contributed by atoms with Crippen LogP contribution in [-0.2, 0) is 17.6 Å². The largest absolute Gasteiger partial charge is 0.323 e. The van der Waals surface area contributed by atoms with Crippen molar-refractivity contribution in [1.82, 2.24) is 5.32 Å². The maximum absolute atomic E-state index is 11.4. The zero-order chi connectivity index (χ0) is 17.2.